The molecule has 0 radical (unpaired) electrons. The van der Waals surface area contributed by atoms with Crippen molar-refractivity contribution in [1.82, 2.24) is 20.9 Å². The molecular weight excluding hydrogens is 440 g/mol. The number of urea groups is 1. The predicted octanol–water partition coefficient (Wildman–Crippen LogP) is 3.43. The van der Waals surface area contributed by atoms with E-state index in [0.29, 0.717) is 51.3 Å². The Kier molecular flexibility index (Phi) is 11.8. The molecular formula is C25H33ClN4O3. The zero-order chi connectivity index (χ0) is 23.9. The first kappa shape index (κ1) is 26.2. The van der Waals surface area contributed by atoms with Gasteiger partial charge in [-0.05, 0) is 30.4 Å². The molecule has 2 aromatic rings. The van der Waals surface area contributed by atoms with Gasteiger partial charge in [-0.1, -0.05) is 60.7 Å². The molecule has 2 rings (SSSR count). The van der Waals surface area contributed by atoms with Crippen LogP contribution in [0.1, 0.15) is 37.3 Å². The minimum absolute atomic E-state index is 0.168. The maximum Gasteiger partial charge on any atom is 0.317 e. The van der Waals surface area contributed by atoms with E-state index in [2.05, 4.69) is 16.0 Å². The van der Waals surface area contributed by atoms with Gasteiger partial charge in [0.1, 0.15) is 6.04 Å². The molecule has 0 saturated carbocycles. The van der Waals surface area contributed by atoms with Gasteiger partial charge in [0.05, 0.1) is 0 Å². The molecule has 3 N–H and O–H groups in total. The molecule has 7 nitrogen and oxygen atoms in total. The summed E-state index contributed by atoms with van der Waals surface area (Å²) >= 11 is 5.70. The van der Waals surface area contributed by atoms with Crippen LogP contribution in [-0.2, 0) is 22.7 Å². The summed E-state index contributed by atoms with van der Waals surface area (Å²) in [5, 5.41) is 8.44. The molecule has 178 valence electrons. The van der Waals surface area contributed by atoms with Crippen molar-refractivity contribution in [3.05, 3.63) is 71.8 Å². The Bertz CT molecular complexity index is 864. The van der Waals surface area contributed by atoms with Gasteiger partial charge in [0, 0.05) is 39.0 Å². The smallest absolute Gasteiger partial charge is 0.317 e. The summed E-state index contributed by atoms with van der Waals surface area (Å²) in [6.45, 7) is 3.22. The number of halogens is 1. The van der Waals surface area contributed by atoms with E-state index in [1.807, 2.05) is 60.7 Å². The van der Waals surface area contributed by atoms with Crippen LogP contribution >= 0.6 is 11.6 Å². The molecule has 2 aromatic carbocycles. The van der Waals surface area contributed by atoms with Gasteiger partial charge in [-0.3, -0.25) is 9.59 Å². The lowest BCUT2D eigenvalue weighted by Crippen LogP contribution is -2.46. The molecule has 0 spiro atoms. The Labute approximate surface area is 200 Å². The van der Waals surface area contributed by atoms with Crippen LogP contribution in [0.15, 0.2) is 60.7 Å². The highest BCUT2D eigenvalue weighted by molar-refractivity contribution is 6.18. The van der Waals surface area contributed by atoms with Gasteiger partial charge in [-0.2, -0.15) is 0 Å². The fraction of sp³-hybridized carbons (Fsp3) is 0.400. The zero-order valence-electron chi connectivity index (χ0n) is 19.1. The number of alkyl halides is 1. The molecule has 0 aliphatic heterocycles. The lowest BCUT2D eigenvalue weighted by molar-refractivity contribution is -0.128. The van der Waals surface area contributed by atoms with Crippen LogP contribution in [0.4, 0.5) is 4.79 Å². The molecule has 0 fully saturated rings. The molecule has 0 aliphatic carbocycles. The highest BCUT2D eigenvalue weighted by Gasteiger charge is 2.19. The Hall–Kier alpha value is -3.06. The number of unbranched alkanes of at least 4 members (excludes halogenated alkanes) is 1. The molecule has 1 atom stereocenters. The monoisotopic (exact) mass is 472 g/mol. The summed E-state index contributed by atoms with van der Waals surface area (Å²) in [6.07, 6.45) is 1.86. The second kappa shape index (κ2) is 14.9. The van der Waals surface area contributed by atoms with Crippen molar-refractivity contribution in [3.8, 4) is 0 Å². The SMILES string of the molecule is CC(=O)N[C@@H](CCCCN(Cc1ccccc1)C(=O)NCCCl)C(=O)NCc1ccccc1. The van der Waals surface area contributed by atoms with Gasteiger partial charge in [0.15, 0.2) is 0 Å². The lowest BCUT2D eigenvalue weighted by atomic mass is 10.1. The minimum atomic E-state index is -0.612. The van der Waals surface area contributed by atoms with E-state index in [4.69, 9.17) is 11.6 Å². The van der Waals surface area contributed by atoms with Crippen LogP contribution in [0, 0.1) is 0 Å². The molecule has 0 saturated heterocycles. The molecule has 8 heteroatoms. The summed E-state index contributed by atoms with van der Waals surface area (Å²) in [4.78, 5) is 38.5. The summed E-state index contributed by atoms with van der Waals surface area (Å²) in [7, 11) is 0. The van der Waals surface area contributed by atoms with Crippen molar-refractivity contribution in [3.63, 3.8) is 0 Å². The summed E-state index contributed by atoms with van der Waals surface area (Å²) in [6, 6.07) is 18.6. The molecule has 0 aliphatic rings. The molecule has 0 aromatic heterocycles. The number of nitrogens with zero attached hydrogens (tertiary/aromatic N) is 1. The average Bonchev–Trinajstić information content (AvgIpc) is 2.83. The second-order valence-electron chi connectivity index (χ2n) is 7.78. The van der Waals surface area contributed by atoms with Crippen LogP contribution in [0.2, 0.25) is 0 Å². The van der Waals surface area contributed by atoms with Gasteiger partial charge >= 0.3 is 6.03 Å². The largest absolute Gasteiger partial charge is 0.350 e. The predicted molar refractivity (Wildman–Crippen MR) is 131 cm³/mol. The first-order valence-electron chi connectivity index (χ1n) is 11.2. The first-order valence-corrected chi connectivity index (χ1v) is 11.7. The number of benzene rings is 2. The Morgan fingerprint density at radius 1 is 0.909 bits per heavy atom. The van der Waals surface area contributed by atoms with E-state index >= 15 is 0 Å². The second-order valence-corrected chi connectivity index (χ2v) is 8.16. The van der Waals surface area contributed by atoms with E-state index in [9.17, 15) is 14.4 Å². The standard InChI is InChI=1S/C25H33ClN4O3/c1-20(31)29-23(24(32)28-18-21-10-4-2-5-11-21)14-8-9-17-30(25(33)27-16-15-26)19-22-12-6-3-7-13-22/h2-7,10-13,23H,8-9,14-19H2,1H3,(H,27,33)(H,28,32)(H,29,31)/t23-/m0/s1. The number of rotatable bonds is 13. The summed E-state index contributed by atoms with van der Waals surface area (Å²) < 4.78 is 0. The topological polar surface area (TPSA) is 90.5 Å². The quantitative estimate of drug-likeness (QED) is 0.308. The van der Waals surface area contributed by atoms with E-state index in [0.717, 1.165) is 11.1 Å². The third kappa shape index (κ3) is 10.4. The van der Waals surface area contributed by atoms with Crippen molar-refractivity contribution in [1.29, 1.82) is 0 Å². The van der Waals surface area contributed by atoms with Crippen LogP contribution in [0.5, 0.6) is 0 Å². The highest BCUT2D eigenvalue weighted by atomic mass is 35.5. The maximum atomic E-state index is 12.6. The number of nitrogens with one attached hydrogen (secondary N) is 3. The molecule has 0 bridgehead atoms. The normalized spacial score (nSPS) is 11.3. The third-order valence-electron chi connectivity index (χ3n) is 5.05. The van der Waals surface area contributed by atoms with Crippen LogP contribution in [0.25, 0.3) is 0 Å². The van der Waals surface area contributed by atoms with E-state index in [1.165, 1.54) is 6.92 Å². The summed E-state index contributed by atoms with van der Waals surface area (Å²) in [5.74, 6) is -0.113. The zero-order valence-corrected chi connectivity index (χ0v) is 19.8. The molecule has 4 amide bonds. The molecule has 33 heavy (non-hydrogen) atoms. The number of carbonyl (C=O) groups excluding carboxylic acids is 3. The first-order chi connectivity index (χ1) is 16.0. The minimum Gasteiger partial charge on any atom is -0.350 e. The van der Waals surface area contributed by atoms with Crippen LogP contribution < -0.4 is 16.0 Å². The van der Waals surface area contributed by atoms with E-state index < -0.39 is 6.04 Å². The number of carbonyl (C=O) groups is 3. The molecule has 0 heterocycles. The van der Waals surface area contributed by atoms with Crippen molar-refractivity contribution in [2.45, 2.75) is 45.3 Å². The Balaban J connectivity index is 1.87. The maximum absolute atomic E-state index is 12.6. The van der Waals surface area contributed by atoms with Gasteiger partial charge in [0.25, 0.3) is 0 Å². The number of amides is 4. The van der Waals surface area contributed by atoms with Crippen molar-refractivity contribution >= 4 is 29.4 Å². The van der Waals surface area contributed by atoms with Crippen LogP contribution in [0.3, 0.4) is 0 Å². The van der Waals surface area contributed by atoms with Crippen molar-refractivity contribution in [2.75, 3.05) is 19.0 Å². The Morgan fingerprint density at radius 2 is 1.55 bits per heavy atom. The van der Waals surface area contributed by atoms with E-state index in [-0.39, 0.29) is 17.8 Å². The van der Waals surface area contributed by atoms with E-state index in [1.54, 1.807) is 4.90 Å². The Morgan fingerprint density at radius 3 is 2.15 bits per heavy atom. The number of hydrogen-bond acceptors (Lipinski definition) is 3. The van der Waals surface area contributed by atoms with Gasteiger partial charge in [-0.25, -0.2) is 4.79 Å². The third-order valence-corrected chi connectivity index (χ3v) is 5.24. The molecule has 0 unspecified atom stereocenters. The lowest BCUT2D eigenvalue weighted by Gasteiger charge is -2.24. The number of hydrogen-bond donors (Lipinski definition) is 3. The highest BCUT2D eigenvalue weighted by Crippen LogP contribution is 2.09. The summed E-state index contributed by atoms with van der Waals surface area (Å²) in [5.41, 5.74) is 2.03. The van der Waals surface area contributed by atoms with Gasteiger partial charge in [0.2, 0.25) is 11.8 Å². The van der Waals surface area contributed by atoms with Crippen molar-refractivity contribution in [2.24, 2.45) is 0 Å². The average molecular weight is 473 g/mol. The van der Waals surface area contributed by atoms with Gasteiger partial charge in [-0.15, -0.1) is 11.6 Å². The van der Waals surface area contributed by atoms with Crippen LogP contribution in [-0.4, -0.2) is 47.8 Å². The fourth-order valence-corrected chi connectivity index (χ4v) is 3.49. The fourth-order valence-electron chi connectivity index (χ4n) is 3.40. The van der Waals surface area contributed by atoms with Crippen molar-refractivity contribution < 1.29 is 14.4 Å². The van der Waals surface area contributed by atoms with Gasteiger partial charge < -0.3 is 20.9 Å².